The van der Waals surface area contributed by atoms with Gasteiger partial charge in [0.25, 0.3) is 0 Å². The van der Waals surface area contributed by atoms with E-state index in [1.54, 1.807) is 37.3 Å². The van der Waals surface area contributed by atoms with Gasteiger partial charge >= 0.3 is 5.97 Å². The SMILES string of the molecule is CCOC(=O)c1nn(-c2cccc(S(C)(=O)=O)c2)c2c1CS(=O)(=O)c1ccccc1-2. The van der Waals surface area contributed by atoms with Gasteiger partial charge in [-0.05, 0) is 31.2 Å². The molecule has 0 fully saturated rings. The lowest BCUT2D eigenvalue weighted by Crippen LogP contribution is -2.16. The maximum atomic E-state index is 12.8. The van der Waals surface area contributed by atoms with Crippen LogP contribution in [0.5, 0.6) is 0 Å². The Morgan fingerprint density at radius 1 is 1.17 bits per heavy atom. The molecule has 0 atom stereocenters. The molecule has 2 aromatic carbocycles. The Labute approximate surface area is 173 Å². The summed E-state index contributed by atoms with van der Waals surface area (Å²) in [6.45, 7) is 1.75. The van der Waals surface area contributed by atoms with Crippen molar-refractivity contribution in [3.8, 4) is 16.9 Å². The van der Waals surface area contributed by atoms with E-state index in [-0.39, 0.29) is 27.7 Å². The van der Waals surface area contributed by atoms with Gasteiger partial charge in [-0.2, -0.15) is 5.10 Å². The molecule has 10 heteroatoms. The molecular formula is C20H18N2O6S2. The number of esters is 1. The van der Waals surface area contributed by atoms with Crippen LogP contribution in [-0.2, 0) is 30.2 Å². The minimum atomic E-state index is -3.68. The molecule has 0 saturated heterocycles. The van der Waals surface area contributed by atoms with E-state index in [2.05, 4.69) is 5.10 Å². The van der Waals surface area contributed by atoms with Crippen molar-refractivity contribution in [2.24, 2.45) is 0 Å². The van der Waals surface area contributed by atoms with Gasteiger partial charge in [0.1, 0.15) is 0 Å². The number of aromatic nitrogens is 2. The summed E-state index contributed by atoms with van der Waals surface area (Å²) in [5.41, 5.74) is 1.34. The molecular weight excluding hydrogens is 428 g/mol. The van der Waals surface area contributed by atoms with Crippen LogP contribution >= 0.6 is 0 Å². The van der Waals surface area contributed by atoms with E-state index in [4.69, 9.17) is 4.74 Å². The van der Waals surface area contributed by atoms with E-state index in [1.165, 1.54) is 22.9 Å². The van der Waals surface area contributed by atoms with Gasteiger partial charge in [0.2, 0.25) is 0 Å². The van der Waals surface area contributed by atoms with E-state index in [0.29, 0.717) is 16.9 Å². The summed E-state index contributed by atoms with van der Waals surface area (Å²) in [6, 6.07) is 12.6. The monoisotopic (exact) mass is 446 g/mol. The molecule has 8 nitrogen and oxygen atoms in total. The van der Waals surface area contributed by atoms with Crippen LogP contribution in [0.4, 0.5) is 0 Å². The van der Waals surface area contributed by atoms with E-state index in [1.807, 2.05) is 0 Å². The third-order valence-electron chi connectivity index (χ3n) is 4.75. The summed E-state index contributed by atoms with van der Waals surface area (Å²) in [7, 11) is -7.16. The zero-order chi connectivity index (χ0) is 21.7. The van der Waals surface area contributed by atoms with Gasteiger partial charge in [0, 0.05) is 17.4 Å². The highest BCUT2D eigenvalue weighted by atomic mass is 32.2. The van der Waals surface area contributed by atoms with E-state index in [9.17, 15) is 21.6 Å². The first-order chi connectivity index (χ1) is 14.1. The van der Waals surface area contributed by atoms with Crippen LogP contribution in [0.15, 0.2) is 58.3 Å². The van der Waals surface area contributed by atoms with Crippen LogP contribution in [0.25, 0.3) is 16.9 Å². The first kappa shape index (κ1) is 20.3. The van der Waals surface area contributed by atoms with E-state index in [0.717, 1.165) is 6.26 Å². The summed E-state index contributed by atoms with van der Waals surface area (Å²) in [5.74, 6) is -1.14. The molecule has 4 rings (SSSR count). The Morgan fingerprint density at radius 3 is 2.60 bits per heavy atom. The zero-order valence-corrected chi connectivity index (χ0v) is 17.8. The minimum absolute atomic E-state index is 0.0821. The second-order valence-electron chi connectivity index (χ2n) is 6.83. The van der Waals surface area contributed by atoms with Crippen LogP contribution in [-0.4, -0.2) is 45.4 Å². The van der Waals surface area contributed by atoms with Crippen molar-refractivity contribution in [3.63, 3.8) is 0 Å². The number of nitrogens with zero attached hydrogens (tertiary/aromatic N) is 2. The van der Waals surface area contributed by atoms with Crippen molar-refractivity contribution < 1.29 is 26.4 Å². The fourth-order valence-electron chi connectivity index (χ4n) is 3.46. The Kier molecular flexibility index (Phi) is 4.78. The Balaban J connectivity index is 2.05. The zero-order valence-electron chi connectivity index (χ0n) is 16.2. The molecule has 1 aliphatic rings. The van der Waals surface area contributed by atoms with Gasteiger partial charge < -0.3 is 4.74 Å². The summed E-state index contributed by atoms with van der Waals surface area (Å²) in [5, 5.41) is 4.35. The number of hydrogen-bond donors (Lipinski definition) is 0. The molecule has 156 valence electrons. The van der Waals surface area contributed by atoms with Gasteiger partial charge in [-0.3, -0.25) is 0 Å². The molecule has 0 amide bonds. The number of rotatable bonds is 4. The quantitative estimate of drug-likeness (QED) is 0.566. The summed E-state index contributed by atoms with van der Waals surface area (Å²) in [4.78, 5) is 12.7. The number of fused-ring (bicyclic) bond motifs is 3. The summed E-state index contributed by atoms with van der Waals surface area (Å²) < 4.78 is 56.1. The van der Waals surface area contributed by atoms with Crippen molar-refractivity contribution in [2.45, 2.75) is 22.5 Å². The van der Waals surface area contributed by atoms with Crippen molar-refractivity contribution in [3.05, 3.63) is 59.8 Å². The molecule has 30 heavy (non-hydrogen) atoms. The molecule has 0 unspecified atom stereocenters. The lowest BCUT2D eigenvalue weighted by Gasteiger charge is -2.19. The second kappa shape index (κ2) is 7.06. The third kappa shape index (κ3) is 3.31. The second-order valence-corrected chi connectivity index (χ2v) is 10.8. The standard InChI is InChI=1S/C20H18N2O6S2/c1-3-28-20(23)18-16-12-30(26,27)17-10-5-4-9-15(17)19(16)22(21-18)13-7-6-8-14(11-13)29(2,24)25/h4-11H,3,12H2,1-2H3. The Morgan fingerprint density at radius 2 is 1.90 bits per heavy atom. The molecule has 1 aromatic heterocycles. The highest BCUT2D eigenvalue weighted by Crippen LogP contribution is 2.40. The first-order valence-corrected chi connectivity index (χ1v) is 12.6. The molecule has 0 saturated carbocycles. The lowest BCUT2D eigenvalue weighted by molar-refractivity contribution is 0.0518. The van der Waals surface area contributed by atoms with Gasteiger partial charge in [0.05, 0.1) is 33.5 Å². The van der Waals surface area contributed by atoms with Crippen LogP contribution in [0.1, 0.15) is 23.0 Å². The van der Waals surface area contributed by atoms with Gasteiger partial charge in [-0.25, -0.2) is 26.3 Å². The van der Waals surface area contributed by atoms with Crippen molar-refractivity contribution >= 4 is 25.6 Å². The lowest BCUT2D eigenvalue weighted by atomic mass is 10.1. The Hall–Kier alpha value is -2.98. The number of ether oxygens (including phenoxy) is 1. The predicted molar refractivity (Wildman–Crippen MR) is 109 cm³/mol. The molecule has 0 aliphatic carbocycles. The predicted octanol–water partition coefficient (Wildman–Crippen LogP) is 2.41. The van der Waals surface area contributed by atoms with Crippen LogP contribution in [0.3, 0.4) is 0 Å². The fraction of sp³-hybridized carbons (Fsp3) is 0.200. The smallest absolute Gasteiger partial charge is 0.359 e. The average Bonchev–Trinajstić information content (AvgIpc) is 3.06. The number of carbonyl (C=O) groups excluding carboxylic acids is 1. The highest BCUT2D eigenvalue weighted by Gasteiger charge is 2.36. The maximum absolute atomic E-state index is 12.8. The first-order valence-electron chi connectivity index (χ1n) is 9.05. The number of benzene rings is 2. The van der Waals surface area contributed by atoms with E-state index < -0.39 is 31.4 Å². The number of sulfone groups is 2. The van der Waals surface area contributed by atoms with Crippen molar-refractivity contribution in [2.75, 3.05) is 12.9 Å². The molecule has 0 spiro atoms. The van der Waals surface area contributed by atoms with Gasteiger partial charge in [-0.1, -0.05) is 24.3 Å². The average molecular weight is 447 g/mol. The van der Waals surface area contributed by atoms with Crippen LogP contribution in [0.2, 0.25) is 0 Å². The maximum Gasteiger partial charge on any atom is 0.359 e. The fourth-order valence-corrected chi connectivity index (χ4v) is 5.72. The van der Waals surface area contributed by atoms with Crippen LogP contribution in [0, 0.1) is 0 Å². The number of carbonyl (C=O) groups is 1. The highest BCUT2D eigenvalue weighted by molar-refractivity contribution is 7.91. The van der Waals surface area contributed by atoms with Crippen molar-refractivity contribution in [1.29, 1.82) is 0 Å². The summed E-state index contributed by atoms with van der Waals surface area (Å²) in [6.07, 6.45) is 1.09. The van der Waals surface area contributed by atoms with Gasteiger partial charge in [-0.15, -0.1) is 0 Å². The van der Waals surface area contributed by atoms with Gasteiger partial charge in [0.15, 0.2) is 25.4 Å². The normalized spacial score (nSPS) is 14.6. The van der Waals surface area contributed by atoms with Crippen LogP contribution < -0.4 is 0 Å². The molecule has 2 heterocycles. The molecule has 0 radical (unpaired) electrons. The largest absolute Gasteiger partial charge is 0.461 e. The van der Waals surface area contributed by atoms with Crippen molar-refractivity contribution in [1.82, 2.24) is 9.78 Å². The number of hydrogen-bond acceptors (Lipinski definition) is 7. The summed E-state index contributed by atoms with van der Waals surface area (Å²) >= 11 is 0. The third-order valence-corrected chi connectivity index (χ3v) is 7.56. The molecule has 1 aliphatic heterocycles. The molecule has 0 N–H and O–H groups in total. The molecule has 0 bridgehead atoms. The minimum Gasteiger partial charge on any atom is -0.461 e. The molecule has 3 aromatic rings. The topological polar surface area (TPSA) is 112 Å². The Bertz CT molecular complexity index is 1390. The van der Waals surface area contributed by atoms with E-state index >= 15 is 0 Å².